The van der Waals surface area contributed by atoms with Gasteiger partial charge in [-0.1, -0.05) is 182 Å². The molecule has 1 aliphatic rings. The van der Waals surface area contributed by atoms with Gasteiger partial charge in [-0.05, 0) is 51.0 Å². The van der Waals surface area contributed by atoms with Crippen molar-refractivity contribution >= 4 is 59.4 Å². The lowest BCUT2D eigenvalue weighted by atomic mass is 10.3. The zero-order valence-electron chi connectivity index (χ0n) is 28.2. The molecule has 0 aromatic heterocycles. The Morgan fingerprint density at radius 1 is 0.460 bits per heavy atom. The minimum atomic E-state index is -3.17. The summed E-state index contributed by atoms with van der Waals surface area (Å²) in [5.74, 6) is -0.425. The molecule has 0 atom stereocenters. The van der Waals surface area contributed by atoms with Crippen LogP contribution >= 0.6 is 0 Å². The summed E-state index contributed by atoms with van der Waals surface area (Å²) >= 11 is 0. The van der Waals surface area contributed by atoms with Crippen molar-refractivity contribution in [3.8, 4) is 0 Å². The van der Waals surface area contributed by atoms with Crippen molar-refractivity contribution in [1.82, 2.24) is 9.13 Å². The topological polar surface area (TPSA) is 40.6 Å². The highest BCUT2D eigenvalue weighted by Crippen LogP contribution is 2.24. The smallest absolute Gasteiger partial charge is 0.256 e. The highest BCUT2D eigenvalue weighted by Gasteiger charge is 2.57. The summed E-state index contributed by atoms with van der Waals surface area (Å²) < 4.78 is 2.91. The van der Waals surface area contributed by atoms with Crippen molar-refractivity contribution in [2.45, 2.75) is 13.3 Å². The van der Waals surface area contributed by atoms with E-state index in [2.05, 4.69) is 186 Å². The Morgan fingerprint density at radius 2 is 0.740 bits per heavy atom. The van der Waals surface area contributed by atoms with Crippen LogP contribution in [0.2, 0.25) is 0 Å². The predicted octanol–water partition coefficient (Wildman–Crippen LogP) is 4.33. The van der Waals surface area contributed by atoms with Crippen LogP contribution in [-0.2, 0) is 9.59 Å². The largest absolute Gasteiger partial charge is 0.324 e. The molecule has 0 spiro atoms. The summed E-state index contributed by atoms with van der Waals surface area (Å²) in [6.07, 6.45) is 2.08. The first-order valence-corrected chi connectivity index (χ1v) is 21.1. The van der Waals surface area contributed by atoms with Gasteiger partial charge in [0, 0.05) is 18.2 Å². The van der Waals surface area contributed by atoms with Crippen molar-refractivity contribution in [3.05, 3.63) is 194 Å². The maximum Gasteiger partial charge on any atom is 0.256 e. The van der Waals surface area contributed by atoms with E-state index in [9.17, 15) is 9.59 Å². The lowest BCUT2D eigenvalue weighted by molar-refractivity contribution is -0.137. The number of rotatable bonds is 12. The lowest BCUT2D eigenvalue weighted by Gasteiger charge is -2.54. The van der Waals surface area contributed by atoms with Gasteiger partial charge in [-0.2, -0.15) is 0 Å². The number of nitrogens with zero attached hydrogens (tertiary/aromatic N) is 2. The van der Waals surface area contributed by atoms with E-state index in [4.69, 9.17) is 0 Å². The van der Waals surface area contributed by atoms with Crippen molar-refractivity contribution in [2.75, 3.05) is 13.1 Å². The summed E-state index contributed by atoms with van der Waals surface area (Å²) in [5, 5.41) is 7.68. The van der Waals surface area contributed by atoms with E-state index in [0.29, 0.717) is 25.1 Å². The minimum Gasteiger partial charge on any atom is -0.324 e. The van der Waals surface area contributed by atoms with Gasteiger partial charge in [-0.3, -0.25) is 14.5 Å². The van der Waals surface area contributed by atoms with Gasteiger partial charge in [0.25, 0.3) is 11.8 Å². The maximum atomic E-state index is 13.2. The molecule has 6 heteroatoms. The normalized spacial score (nSPS) is 13.5. The highest BCUT2D eigenvalue weighted by molar-refractivity contribution is 7.22. The third-order valence-electron chi connectivity index (χ3n) is 9.91. The van der Waals surface area contributed by atoms with Crippen LogP contribution in [0, 0.1) is 0 Å². The van der Waals surface area contributed by atoms with E-state index in [1.165, 1.54) is 42.1 Å². The second-order valence-electron chi connectivity index (χ2n) is 12.7. The van der Waals surface area contributed by atoms with Gasteiger partial charge in [0.2, 0.25) is 16.5 Å². The first-order chi connectivity index (χ1) is 24.6. The van der Waals surface area contributed by atoms with E-state index in [-0.39, 0.29) is 11.8 Å². The number of carbonyl (C=O) groups is 2. The average molecular weight is 685 g/mol. The number of hydrogen-bond acceptors (Lipinski definition) is 3. The van der Waals surface area contributed by atoms with Gasteiger partial charge >= 0.3 is 0 Å². The van der Waals surface area contributed by atoms with Gasteiger partial charge < -0.3 is 4.23 Å². The highest BCUT2D eigenvalue weighted by atomic mass is 28.4. The van der Waals surface area contributed by atoms with Crippen LogP contribution in [0.25, 0.3) is 0 Å². The second kappa shape index (κ2) is 14.6. The summed E-state index contributed by atoms with van der Waals surface area (Å²) in [6.45, 7) is 2.71. The van der Waals surface area contributed by atoms with Gasteiger partial charge in [0.05, 0.1) is 0 Å². The fourth-order valence-electron chi connectivity index (χ4n) is 7.83. The Labute approximate surface area is 297 Å². The number of amides is 2. The Morgan fingerprint density at radius 3 is 0.980 bits per heavy atom. The molecule has 0 bridgehead atoms. The van der Waals surface area contributed by atoms with Crippen molar-refractivity contribution in [1.29, 1.82) is 0 Å². The molecule has 0 saturated heterocycles. The number of benzene rings is 6. The first-order valence-electron chi connectivity index (χ1n) is 17.2. The van der Waals surface area contributed by atoms with E-state index in [1.807, 2.05) is 0 Å². The fraction of sp³-hybridized carbons (Fsp3) is 0.0909. The molecule has 0 radical (unpaired) electrons. The Balaban J connectivity index is 1.60. The van der Waals surface area contributed by atoms with Gasteiger partial charge in [0.1, 0.15) is 0 Å². The summed E-state index contributed by atoms with van der Waals surface area (Å²) in [4.78, 5) is 27.6. The lowest BCUT2D eigenvalue weighted by Crippen LogP contribution is -2.90. The number of carbonyl (C=O) groups excluding carboxylic acids is 2. The molecule has 50 heavy (non-hydrogen) atoms. The molecule has 6 aromatic rings. The second-order valence-corrected chi connectivity index (χ2v) is 20.6. The summed E-state index contributed by atoms with van der Waals surface area (Å²) in [5.41, 5.74) is 0.495. The van der Waals surface area contributed by atoms with Crippen LogP contribution in [0.3, 0.4) is 0 Å². The maximum absolute atomic E-state index is 13.2. The molecule has 0 fully saturated rings. The minimum absolute atomic E-state index is 0.197. The molecule has 0 saturated carbocycles. The summed E-state index contributed by atoms with van der Waals surface area (Å²) in [7, 11) is -6.34. The van der Waals surface area contributed by atoms with Crippen LogP contribution in [0.5, 0.6) is 0 Å². The molecule has 6 aromatic carbocycles. The monoisotopic (exact) mass is 684 g/mol. The molecule has 2 amide bonds. The van der Waals surface area contributed by atoms with Crippen molar-refractivity contribution in [3.63, 3.8) is 0 Å². The predicted molar refractivity (Wildman–Crippen MR) is 210 cm³/mol. The molecule has 0 N–H and O–H groups in total. The van der Waals surface area contributed by atoms with Crippen molar-refractivity contribution < 1.29 is 9.59 Å². The van der Waals surface area contributed by atoms with Crippen molar-refractivity contribution in [2.24, 2.45) is 0 Å². The SMILES string of the molecule is CC1=CC(=O)N(CCCN([Si](c2ccccc2)(c2ccccc2)c2ccccc2)[Si](c2ccccc2)(c2ccccc2)c2ccccc2)C1=O. The van der Waals surface area contributed by atoms with Crippen LogP contribution < -0.4 is 31.1 Å². The average Bonchev–Trinajstić information content (AvgIpc) is 3.43. The molecule has 246 valence electrons. The molecule has 1 aliphatic heterocycles. The number of imide groups is 1. The number of hydrogen-bond donors (Lipinski definition) is 0. The quantitative estimate of drug-likeness (QED) is 0.110. The third-order valence-corrected chi connectivity index (χ3v) is 21.0. The molecule has 0 unspecified atom stereocenters. The molecule has 4 nitrogen and oxygen atoms in total. The summed E-state index contributed by atoms with van der Waals surface area (Å²) in [6, 6.07) is 66.2. The molecule has 0 aliphatic carbocycles. The van der Waals surface area contributed by atoms with E-state index < -0.39 is 16.5 Å². The van der Waals surface area contributed by atoms with Crippen LogP contribution in [0.1, 0.15) is 13.3 Å². The van der Waals surface area contributed by atoms with Crippen LogP contribution in [0.15, 0.2) is 194 Å². The Bertz CT molecular complexity index is 1760. The van der Waals surface area contributed by atoms with Crippen LogP contribution in [-0.4, -0.2) is 50.5 Å². The zero-order valence-corrected chi connectivity index (χ0v) is 30.2. The Hall–Kier alpha value is -5.41. The molecule has 7 rings (SSSR count). The van der Waals surface area contributed by atoms with Gasteiger partial charge in [0.15, 0.2) is 0 Å². The molecule has 1 heterocycles. The third kappa shape index (κ3) is 5.81. The van der Waals surface area contributed by atoms with E-state index in [0.717, 1.165) is 0 Å². The Kier molecular flexibility index (Phi) is 9.67. The van der Waals surface area contributed by atoms with Gasteiger partial charge in [-0.25, -0.2) is 0 Å². The van der Waals surface area contributed by atoms with E-state index >= 15 is 0 Å². The first kappa shape index (κ1) is 33.1. The van der Waals surface area contributed by atoms with Gasteiger partial charge in [-0.15, -0.1) is 0 Å². The van der Waals surface area contributed by atoms with E-state index in [1.54, 1.807) is 6.92 Å². The zero-order chi connectivity index (χ0) is 34.4. The molecular weight excluding hydrogens is 645 g/mol. The molecular formula is C44H40N2O2Si2. The van der Waals surface area contributed by atoms with Crippen LogP contribution in [0.4, 0.5) is 0 Å². The fourth-order valence-corrected chi connectivity index (χ4v) is 21.1. The standard InChI is InChI=1S/C44H40N2O2Si2/c1-36-35-43(47)45(44(36)48)33-20-34-46(49(37-21-8-2-9-22-37,38-23-10-3-11-24-38)39-25-12-4-13-26-39)50(40-27-14-5-15-28-40,41-29-16-6-17-30-41)42-31-18-7-19-32-42/h2-19,21-32,35H,20,33-34H2,1H3.